The monoisotopic (exact) mass is 282 g/mol. The van der Waals surface area contributed by atoms with E-state index in [0.29, 0.717) is 10.9 Å². The average molecular weight is 282 g/mol. The zero-order valence-corrected chi connectivity index (χ0v) is 12.5. The second-order valence-electron chi connectivity index (χ2n) is 5.22. The maximum absolute atomic E-state index is 11.3. The minimum atomic E-state index is -0.838. The second-order valence-corrected chi connectivity index (χ2v) is 6.20. The molecule has 0 spiro atoms. The first-order chi connectivity index (χ1) is 9.13. The van der Waals surface area contributed by atoms with Crippen molar-refractivity contribution in [2.45, 2.75) is 58.4 Å². The Morgan fingerprint density at radius 2 is 2.26 bits per heavy atom. The fraction of sp³-hybridized carbons (Fsp3) is 0.714. The Morgan fingerprint density at radius 1 is 1.47 bits per heavy atom. The molecule has 4 nitrogen and oxygen atoms in total. The van der Waals surface area contributed by atoms with E-state index < -0.39 is 5.97 Å². The third-order valence-corrected chi connectivity index (χ3v) is 4.79. The number of hydrogen-bond donors (Lipinski definition) is 1. The smallest absolute Gasteiger partial charge is 0.347 e. The fourth-order valence-corrected chi connectivity index (χ4v) is 3.67. The molecule has 0 aromatic carbocycles. The van der Waals surface area contributed by atoms with Gasteiger partial charge in [-0.25, -0.2) is 9.78 Å². The molecule has 0 aliphatic carbocycles. The maximum Gasteiger partial charge on any atom is 0.347 e. The van der Waals surface area contributed by atoms with Gasteiger partial charge in [-0.15, -0.1) is 0 Å². The van der Waals surface area contributed by atoms with E-state index in [4.69, 9.17) is 0 Å². The molecule has 1 aromatic heterocycles. The molecule has 0 amide bonds. The summed E-state index contributed by atoms with van der Waals surface area (Å²) in [5, 5.41) is 10.2. The molecule has 0 saturated carbocycles. The largest absolute Gasteiger partial charge is 0.477 e. The van der Waals surface area contributed by atoms with Crippen molar-refractivity contribution >= 4 is 22.4 Å². The van der Waals surface area contributed by atoms with Crippen LogP contribution < -0.4 is 4.90 Å². The van der Waals surface area contributed by atoms with E-state index in [1.807, 2.05) is 0 Å². The third-order valence-electron chi connectivity index (χ3n) is 3.67. The zero-order chi connectivity index (χ0) is 13.8. The molecule has 19 heavy (non-hydrogen) atoms. The van der Waals surface area contributed by atoms with Crippen LogP contribution >= 0.6 is 11.3 Å². The Balaban J connectivity index is 2.27. The summed E-state index contributed by atoms with van der Waals surface area (Å²) in [7, 11) is 0. The Hall–Kier alpha value is -1.10. The van der Waals surface area contributed by atoms with Crippen molar-refractivity contribution < 1.29 is 9.90 Å². The van der Waals surface area contributed by atoms with Crippen LogP contribution in [0.25, 0.3) is 0 Å². The van der Waals surface area contributed by atoms with Crippen molar-refractivity contribution in [3.8, 4) is 0 Å². The predicted molar refractivity (Wildman–Crippen MR) is 78.3 cm³/mol. The summed E-state index contributed by atoms with van der Waals surface area (Å²) in [5.41, 5.74) is 0.756. The minimum absolute atomic E-state index is 0.424. The first-order valence-electron chi connectivity index (χ1n) is 7.13. The van der Waals surface area contributed by atoms with E-state index in [0.717, 1.165) is 30.2 Å². The molecule has 1 N–H and O–H groups in total. The molecular weight excluding hydrogens is 260 g/mol. The highest BCUT2D eigenvalue weighted by atomic mass is 32.1. The number of aromatic carboxylic acids is 1. The number of thiazole rings is 1. The lowest BCUT2D eigenvalue weighted by atomic mass is 10.1. The third kappa shape index (κ3) is 3.26. The molecule has 5 heteroatoms. The van der Waals surface area contributed by atoms with Crippen molar-refractivity contribution in [1.82, 2.24) is 4.98 Å². The summed E-state index contributed by atoms with van der Waals surface area (Å²) in [6.45, 7) is 5.27. The average Bonchev–Trinajstić information content (AvgIpc) is 2.66. The molecule has 1 atom stereocenters. The highest BCUT2D eigenvalue weighted by Gasteiger charge is 2.24. The van der Waals surface area contributed by atoms with Gasteiger partial charge in [0.25, 0.3) is 0 Å². The minimum Gasteiger partial charge on any atom is -0.477 e. The topological polar surface area (TPSA) is 53.4 Å². The summed E-state index contributed by atoms with van der Waals surface area (Å²) in [6, 6.07) is 0.463. The van der Waals surface area contributed by atoms with Gasteiger partial charge in [0, 0.05) is 12.6 Å². The number of rotatable bonds is 4. The molecule has 1 unspecified atom stereocenters. The van der Waals surface area contributed by atoms with E-state index in [2.05, 4.69) is 23.7 Å². The number of carboxylic acids is 1. The molecule has 1 aliphatic heterocycles. The Bertz CT molecular complexity index is 445. The van der Waals surface area contributed by atoms with Crippen LogP contribution in [0.4, 0.5) is 5.13 Å². The highest BCUT2D eigenvalue weighted by Crippen LogP contribution is 2.31. The summed E-state index contributed by atoms with van der Waals surface area (Å²) in [5.74, 6) is -0.838. The van der Waals surface area contributed by atoms with Gasteiger partial charge in [0.2, 0.25) is 0 Å². The van der Waals surface area contributed by atoms with Gasteiger partial charge in [0.1, 0.15) is 4.88 Å². The van der Waals surface area contributed by atoms with Gasteiger partial charge in [-0.1, -0.05) is 37.5 Å². The molecule has 2 rings (SSSR count). The zero-order valence-electron chi connectivity index (χ0n) is 11.7. The van der Waals surface area contributed by atoms with Gasteiger partial charge in [-0.05, 0) is 26.2 Å². The van der Waals surface area contributed by atoms with Crippen molar-refractivity contribution in [3.63, 3.8) is 0 Å². The SMILES string of the molecule is CCCc1nc(N2CCCCCC2C)sc1C(=O)O. The van der Waals surface area contributed by atoms with Crippen LogP contribution in [0.5, 0.6) is 0 Å². The van der Waals surface area contributed by atoms with Crippen LogP contribution in [0.1, 0.15) is 61.3 Å². The quantitative estimate of drug-likeness (QED) is 0.917. The van der Waals surface area contributed by atoms with Gasteiger partial charge < -0.3 is 10.0 Å². The first-order valence-corrected chi connectivity index (χ1v) is 7.94. The van der Waals surface area contributed by atoms with Gasteiger partial charge in [-0.3, -0.25) is 0 Å². The number of aryl methyl sites for hydroxylation is 1. The number of aromatic nitrogens is 1. The number of carbonyl (C=O) groups is 1. The Labute approximate surface area is 118 Å². The van der Waals surface area contributed by atoms with Gasteiger partial charge in [0.15, 0.2) is 5.13 Å². The Kier molecular flexibility index (Phi) is 4.80. The van der Waals surface area contributed by atoms with Gasteiger partial charge >= 0.3 is 5.97 Å². The fourth-order valence-electron chi connectivity index (χ4n) is 2.59. The van der Waals surface area contributed by atoms with Crippen LogP contribution in [0, 0.1) is 0 Å². The molecule has 1 saturated heterocycles. The van der Waals surface area contributed by atoms with E-state index in [-0.39, 0.29) is 0 Å². The second kappa shape index (κ2) is 6.37. The number of hydrogen-bond acceptors (Lipinski definition) is 4. The van der Waals surface area contributed by atoms with Crippen LogP contribution in [-0.4, -0.2) is 28.6 Å². The molecule has 0 bridgehead atoms. The molecule has 2 heterocycles. The van der Waals surface area contributed by atoms with Crippen molar-refractivity contribution in [2.75, 3.05) is 11.4 Å². The van der Waals surface area contributed by atoms with Crippen LogP contribution in [0.3, 0.4) is 0 Å². The van der Waals surface area contributed by atoms with E-state index >= 15 is 0 Å². The summed E-state index contributed by atoms with van der Waals surface area (Å²) < 4.78 is 0. The summed E-state index contributed by atoms with van der Waals surface area (Å²) in [4.78, 5) is 18.6. The molecule has 106 valence electrons. The lowest BCUT2D eigenvalue weighted by molar-refractivity contribution is 0.0700. The normalized spacial score (nSPS) is 20.3. The maximum atomic E-state index is 11.3. The van der Waals surface area contributed by atoms with Crippen LogP contribution in [-0.2, 0) is 6.42 Å². The number of anilines is 1. The molecule has 1 fully saturated rings. The van der Waals surface area contributed by atoms with Gasteiger partial charge in [-0.2, -0.15) is 0 Å². The summed E-state index contributed by atoms with van der Waals surface area (Å²) in [6.07, 6.45) is 6.55. The lowest BCUT2D eigenvalue weighted by Crippen LogP contribution is -2.32. The molecular formula is C14H22N2O2S. The summed E-state index contributed by atoms with van der Waals surface area (Å²) >= 11 is 1.34. The highest BCUT2D eigenvalue weighted by molar-refractivity contribution is 7.17. The van der Waals surface area contributed by atoms with Crippen molar-refractivity contribution in [1.29, 1.82) is 0 Å². The lowest BCUT2D eigenvalue weighted by Gasteiger charge is -2.26. The van der Waals surface area contributed by atoms with Crippen molar-refractivity contribution in [3.05, 3.63) is 10.6 Å². The van der Waals surface area contributed by atoms with Crippen LogP contribution in [0.15, 0.2) is 0 Å². The van der Waals surface area contributed by atoms with Crippen LogP contribution in [0.2, 0.25) is 0 Å². The predicted octanol–water partition coefficient (Wildman–Crippen LogP) is 3.56. The molecule has 1 aromatic rings. The first kappa shape index (κ1) is 14.3. The Morgan fingerprint density at radius 3 is 2.95 bits per heavy atom. The van der Waals surface area contributed by atoms with E-state index in [9.17, 15) is 9.90 Å². The number of carboxylic acid groups (broad SMARTS) is 1. The number of nitrogens with zero attached hydrogens (tertiary/aromatic N) is 2. The standard InChI is InChI=1S/C14H22N2O2S/c1-3-7-11-12(13(17)18)19-14(15-11)16-9-6-4-5-8-10(16)2/h10H,3-9H2,1-2H3,(H,17,18). The molecule has 1 aliphatic rings. The van der Waals surface area contributed by atoms with Crippen molar-refractivity contribution in [2.24, 2.45) is 0 Å². The van der Waals surface area contributed by atoms with E-state index in [1.165, 1.54) is 37.0 Å². The van der Waals surface area contributed by atoms with Gasteiger partial charge in [0.05, 0.1) is 5.69 Å². The van der Waals surface area contributed by atoms with E-state index in [1.54, 1.807) is 0 Å². The molecule has 0 radical (unpaired) electrons.